The second-order valence-corrected chi connectivity index (χ2v) is 13.1. The Hall–Kier alpha value is -0.640. The van der Waals surface area contributed by atoms with E-state index in [-0.39, 0.29) is 6.61 Å². The molecule has 0 aliphatic heterocycles. The first-order valence-corrected chi connectivity index (χ1v) is 19.6. The van der Waals surface area contributed by atoms with E-state index in [1.54, 1.807) is 0 Å². The van der Waals surface area contributed by atoms with Gasteiger partial charge >= 0.3 is 0 Å². The molecule has 43 heavy (non-hydrogen) atoms. The Kier molecular flexibility index (Phi) is 38.8. The molecule has 3 nitrogen and oxygen atoms in total. The van der Waals surface area contributed by atoms with Crippen molar-refractivity contribution in [3.8, 4) is 0 Å². The Labute approximate surface area is 271 Å². The Morgan fingerprint density at radius 3 is 1.07 bits per heavy atom. The van der Waals surface area contributed by atoms with Gasteiger partial charge in [0.05, 0.1) is 19.8 Å². The van der Waals surface area contributed by atoms with E-state index >= 15 is 0 Å². The van der Waals surface area contributed by atoms with E-state index in [0.717, 1.165) is 13.2 Å². The summed E-state index contributed by atoms with van der Waals surface area (Å²) in [5, 5.41) is 9.00. The average Bonchev–Trinajstić information content (AvgIpc) is 3.02. The van der Waals surface area contributed by atoms with Crippen LogP contribution in [-0.2, 0) is 4.74 Å². The summed E-state index contributed by atoms with van der Waals surface area (Å²) in [6.07, 6.45) is 48.0. The molecule has 0 radical (unpaired) electrons. The molecule has 0 aliphatic carbocycles. The quantitative estimate of drug-likeness (QED) is 0.0565. The highest BCUT2D eigenvalue weighted by Gasteiger charge is 2.05. The van der Waals surface area contributed by atoms with Gasteiger partial charge in [-0.15, -0.1) is 0 Å². The lowest BCUT2D eigenvalue weighted by Crippen LogP contribution is -2.30. The Balaban J connectivity index is 3.69. The largest absolute Gasteiger partial charge is 0.394 e. The van der Waals surface area contributed by atoms with Gasteiger partial charge < -0.3 is 14.7 Å². The minimum atomic E-state index is 0.129. The highest BCUT2D eigenvalue weighted by atomic mass is 16.5. The number of allylic oxidation sites excluding steroid dienone is 4. The van der Waals surface area contributed by atoms with Gasteiger partial charge in [-0.3, -0.25) is 0 Å². The lowest BCUT2D eigenvalue weighted by Gasteiger charge is -2.22. The smallest absolute Gasteiger partial charge is 0.0698 e. The van der Waals surface area contributed by atoms with Crippen molar-refractivity contribution in [2.75, 3.05) is 39.5 Å². The summed E-state index contributed by atoms with van der Waals surface area (Å²) in [5.41, 5.74) is 0. The van der Waals surface area contributed by atoms with Crippen molar-refractivity contribution < 1.29 is 9.84 Å². The van der Waals surface area contributed by atoms with Crippen LogP contribution < -0.4 is 0 Å². The molecule has 0 fully saturated rings. The first kappa shape index (κ1) is 42.4. The molecule has 0 aromatic heterocycles. The molecular formula is C40H79NO2. The molecule has 0 rings (SSSR count). The van der Waals surface area contributed by atoms with Gasteiger partial charge in [-0.05, 0) is 77.3 Å². The molecule has 0 saturated heterocycles. The zero-order valence-corrected chi connectivity index (χ0v) is 29.7. The number of ether oxygens (including phenoxy) is 1. The zero-order valence-electron chi connectivity index (χ0n) is 29.7. The van der Waals surface area contributed by atoms with Crippen molar-refractivity contribution in [1.82, 2.24) is 4.90 Å². The third kappa shape index (κ3) is 37.5. The molecule has 0 saturated carbocycles. The van der Waals surface area contributed by atoms with Gasteiger partial charge in [-0.25, -0.2) is 0 Å². The summed E-state index contributed by atoms with van der Waals surface area (Å²) in [6, 6.07) is 0. The molecular weight excluding hydrogens is 526 g/mol. The van der Waals surface area contributed by atoms with Crippen molar-refractivity contribution in [3.05, 3.63) is 24.3 Å². The predicted octanol–water partition coefficient (Wildman–Crippen LogP) is 12.4. The minimum absolute atomic E-state index is 0.129. The molecule has 0 atom stereocenters. The van der Waals surface area contributed by atoms with Gasteiger partial charge in [0, 0.05) is 6.54 Å². The molecule has 0 heterocycles. The predicted molar refractivity (Wildman–Crippen MR) is 193 cm³/mol. The summed E-state index contributed by atoms with van der Waals surface area (Å²) in [5.74, 6) is 0. The van der Waals surface area contributed by atoms with Crippen molar-refractivity contribution in [3.63, 3.8) is 0 Å². The standard InChI is InChI=1S/C40H79NO2/c1-3-5-7-9-11-13-15-17-19-21-23-25-27-29-31-33-35-41(37-39-43-40-38-42)36-34-32-30-28-26-24-22-20-18-16-14-12-10-8-6-4-2/h17-20,42H,3-16,21-40H2,1-2H3/b19-17-,20-18-. The van der Waals surface area contributed by atoms with Crippen LogP contribution in [0.2, 0.25) is 0 Å². The molecule has 3 heteroatoms. The summed E-state index contributed by atoms with van der Waals surface area (Å²) >= 11 is 0. The van der Waals surface area contributed by atoms with Crippen molar-refractivity contribution >= 4 is 0 Å². The summed E-state index contributed by atoms with van der Waals surface area (Å²) in [6.45, 7) is 9.34. The third-order valence-corrected chi connectivity index (χ3v) is 8.76. The Morgan fingerprint density at radius 2 is 0.721 bits per heavy atom. The van der Waals surface area contributed by atoms with Gasteiger partial charge in [0.15, 0.2) is 0 Å². The number of hydrogen-bond acceptors (Lipinski definition) is 3. The van der Waals surface area contributed by atoms with Crippen LogP contribution in [0.5, 0.6) is 0 Å². The molecule has 0 unspecified atom stereocenters. The van der Waals surface area contributed by atoms with Gasteiger partial charge in [0.2, 0.25) is 0 Å². The molecule has 0 aromatic rings. The highest BCUT2D eigenvalue weighted by Crippen LogP contribution is 2.13. The first-order chi connectivity index (χ1) is 21.3. The van der Waals surface area contributed by atoms with Crippen molar-refractivity contribution in [2.24, 2.45) is 0 Å². The normalized spacial score (nSPS) is 12.1. The van der Waals surface area contributed by atoms with Crippen molar-refractivity contribution in [2.45, 2.75) is 194 Å². The lowest BCUT2D eigenvalue weighted by molar-refractivity contribution is 0.0727. The monoisotopic (exact) mass is 606 g/mol. The first-order valence-electron chi connectivity index (χ1n) is 19.6. The topological polar surface area (TPSA) is 32.7 Å². The van der Waals surface area contributed by atoms with E-state index in [1.807, 2.05) is 0 Å². The van der Waals surface area contributed by atoms with Crippen LogP contribution in [-0.4, -0.2) is 49.5 Å². The van der Waals surface area contributed by atoms with Crippen LogP contribution in [0.15, 0.2) is 24.3 Å². The summed E-state index contributed by atoms with van der Waals surface area (Å²) in [7, 11) is 0. The minimum Gasteiger partial charge on any atom is -0.394 e. The maximum atomic E-state index is 9.00. The summed E-state index contributed by atoms with van der Waals surface area (Å²) in [4.78, 5) is 2.61. The number of nitrogens with zero attached hydrogens (tertiary/aromatic N) is 1. The average molecular weight is 606 g/mol. The Bertz CT molecular complexity index is 505. The molecule has 0 spiro atoms. The summed E-state index contributed by atoms with van der Waals surface area (Å²) < 4.78 is 5.58. The van der Waals surface area contributed by atoms with Crippen LogP contribution in [0.3, 0.4) is 0 Å². The van der Waals surface area contributed by atoms with Crippen LogP contribution >= 0.6 is 0 Å². The van der Waals surface area contributed by atoms with Crippen LogP contribution in [0.25, 0.3) is 0 Å². The maximum absolute atomic E-state index is 9.00. The highest BCUT2D eigenvalue weighted by molar-refractivity contribution is 4.82. The fourth-order valence-corrected chi connectivity index (χ4v) is 5.86. The van der Waals surface area contributed by atoms with Gasteiger partial charge in [-0.2, -0.15) is 0 Å². The van der Waals surface area contributed by atoms with Gasteiger partial charge in [0.25, 0.3) is 0 Å². The van der Waals surface area contributed by atoms with E-state index in [9.17, 15) is 0 Å². The van der Waals surface area contributed by atoms with Crippen LogP contribution in [0.4, 0.5) is 0 Å². The lowest BCUT2D eigenvalue weighted by atomic mass is 10.1. The zero-order chi connectivity index (χ0) is 31.2. The fraction of sp³-hybridized carbons (Fsp3) is 0.900. The van der Waals surface area contributed by atoms with E-state index in [2.05, 4.69) is 43.1 Å². The van der Waals surface area contributed by atoms with Gasteiger partial charge in [-0.1, -0.05) is 154 Å². The third-order valence-electron chi connectivity index (χ3n) is 8.76. The maximum Gasteiger partial charge on any atom is 0.0698 e. The molecule has 0 bridgehead atoms. The molecule has 0 aromatic carbocycles. The van der Waals surface area contributed by atoms with Crippen LogP contribution in [0.1, 0.15) is 194 Å². The van der Waals surface area contributed by atoms with E-state index in [4.69, 9.17) is 9.84 Å². The fourth-order valence-electron chi connectivity index (χ4n) is 5.86. The second-order valence-electron chi connectivity index (χ2n) is 13.1. The number of aliphatic hydroxyl groups excluding tert-OH is 1. The molecule has 256 valence electrons. The molecule has 1 N–H and O–H groups in total. The number of hydrogen-bond donors (Lipinski definition) is 1. The SMILES string of the molecule is CCCCCCCC/C=C\CCCCCCCCN(CCCCCCCC/C=C\CCCCCCCC)CCOCCO. The van der Waals surface area contributed by atoms with Gasteiger partial charge in [0.1, 0.15) is 0 Å². The van der Waals surface area contributed by atoms with Crippen molar-refractivity contribution in [1.29, 1.82) is 0 Å². The van der Waals surface area contributed by atoms with E-state index in [1.165, 1.54) is 193 Å². The number of unbranched alkanes of at least 4 members (excludes halogenated alkanes) is 24. The molecule has 0 aliphatic rings. The second kappa shape index (κ2) is 39.4. The number of aliphatic hydroxyl groups is 1. The molecule has 0 amide bonds. The number of rotatable bonds is 37. The van der Waals surface area contributed by atoms with E-state index in [0.29, 0.717) is 6.61 Å². The van der Waals surface area contributed by atoms with Crippen LogP contribution in [0, 0.1) is 0 Å². The Morgan fingerprint density at radius 1 is 0.395 bits per heavy atom. The van der Waals surface area contributed by atoms with E-state index < -0.39 is 0 Å².